The summed E-state index contributed by atoms with van der Waals surface area (Å²) >= 11 is 0. The molecule has 0 spiro atoms. The van der Waals surface area contributed by atoms with E-state index in [9.17, 15) is 16.8 Å². The van der Waals surface area contributed by atoms with E-state index in [2.05, 4.69) is 0 Å². The molecular weight excluding hydrogens is 393 g/mol. The van der Waals surface area contributed by atoms with E-state index in [1.807, 2.05) is 0 Å². The Hall–Kier alpha value is 0.703. The molecule has 0 rings (SSSR count). The summed E-state index contributed by atoms with van der Waals surface area (Å²) in [5.74, 6) is -1.96. The van der Waals surface area contributed by atoms with E-state index in [1.165, 1.54) is 0 Å². The van der Waals surface area contributed by atoms with Gasteiger partial charge in [0.05, 0.1) is 11.5 Å². The number of hydrogen-bond donors (Lipinski definition) is 2. The fourth-order valence-electron chi connectivity index (χ4n) is 0.211. The van der Waals surface area contributed by atoms with Gasteiger partial charge in [-0.2, -0.15) is 16.8 Å². The molecule has 0 radical (unpaired) electrons. The molecule has 0 aliphatic carbocycles. The molecule has 0 saturated heterocycles. The summed E-state index contributed by atoms with van der Waals surface area (Å²) in [4.78, 5) is 0. The summed E-state index contributed by atoms with van der Waals surface area (Å²) in [6, 6.07) is 0. The molecule has 0 aromatic carbocycles. The summed E-state index contributed by atoms with van der Waals surface area (Å²) in [7, 11) is -8.59. The van der Waals surface area contributed by atoms with Crippen molar-refractivity contribution in [1.82, 2.24) is 0 Å². The molecule has 11 heavy (non-hydrogen) atoms. The molecule has 0 atom stereocenters. The van der Waals surface area contributed by atoms with Crippen LogP contribution in [0.4, 0.5) is 0 Å². The number of rotatable bonds is 3. The summed E-state index contributed by atoms with van der Waals surface area (Å²) in [5.41, 5.74) is 0. The third-order valence-corrected chi connectivity index (χ3v) is 2.30. The monoisotopic (exact) mass is 402 g/mol. The predicted molar refractivity (Wildman–Crippen MR) is 42.8 cm³/mol. The van der Waals surface area contributed by atoms with Crippen LogP contribution in [0, 0.1) is 0 Å². The average Bonchev–Trinajstić information content (AvgIpc) is 1.57. The Morgan fingerprint density at radius 1 is 0.818 bits per heavy atom. The van der Waals surface area contributed by atoms with E-state index in [4.69, 9.17) is 9.11 Å². The first-order valence-electron chi connectivity index (χ1n) is 2.11. The minimum atomic E-state index is -4.30. The Bertz CT molecular complexity index is 255. The SMILES string of the molecule is O=S(=O)(O)CCS(=O)(=O)O.[BiH3]. The fourth-order valence-corrected chi connectivity index (χ4v) is 1.90. The van der Waals surface area contributed by atoms with Gasteiger partial charge in [0.25, 0.3) is 20.2 Å². The van der Waals surface area contributed by atoms with E-state index in [-0.39, 0.29) is 26.2 Å². The van der Waals surface area contributed by atoms with Crippen LogP contribution in [0.25, 0.3) is 0 Å². The zero-order valence-electron chi connectivity index (χ0n) is 5.47. The Morgan fingerprint density at radius 3 is 1.09 bits per heavy atom. The average molecular weight is 402 g/mol. The van der Waals surface area contributed by atoms with Gasteiger partial charge in [0.1, 0.15) is 0 Å². The van der Waals surface area contributed by atoms with Gasteiger partial charge in [-0.1, -0.05) is 0 Å². The van der Waals surface area contributed by atoms with Gasteiger partial charge in [-0.05, 0) is 0 Å². The molecule has 0 aliphatic heterocycles. The number of hydrogen-bond acceptors (Lipinski definition) is 4. The topological polar surface area (TPSA) is 109 Å². The molecule has 70 valence electrons. The second-order valence-electron chi connectivity index (χ2n) is 1.57. The van der Waals surface area contributed by atoms with Crippen LogP contribution in [0.15, 0.2) is 0 Å². The first kappa shape index (κ1) is 14.2. The molecule has 0 heterocycles. The van der Waals surface area contributed by atoms with E-state index < -0.39 is 31.7 Å². The van der Waals surface area contributed by atoms with Gasteiger partial charge < -0.3 is 0 Å². The van der Waals surface area contributed by atoms with Crippen LogP contribution < -0.4 is 0 Å². The van der Waals surface area contributed by atoms with Crippen molar-refractivity contribution < 1.29 is 25.9 Å². The second kappa shape index (κ2) is 4.66. The molecule has 0 saturated carbocycles. The van der Waals surface area contributed by atoms with Crippen molar-refractivity contribution in [2.75, 3.05) is 11.5 Å². The normalized spacial score (nSPS) is 12.2. The van der Waals surface area contributed by atoms with E-state index in [1.54, 1.807) is 0 Å². The zero-order valence-corrected chi connectivity index (χ0v) is 12.6. The Labute approximate surface area is 83.6 Å². The zero-order chi connectivity index (χ0) is 8.41. The van der Waals surface area contributed by atoms with Crippen LogP contribution in [-0.2, 0) is 20.2 Å². The molecule has 0 amide bonds. The van der Waals surface area contributed by atoms with Crippen molar-refractivity contribution in [1.29, 1.82) is 0 Å². The van der Waals surface area contributed by atoms with Crippen LogP contribution in [0.5, 0.6) is 0 Å². The molecule has 6 nitrogen and oxygen atoms in total. The van der Waals surface area contributed by atoms with Gasteiger partial charge in [-0.15, -0.1) is 0 Å². The van der Waals surface area contributed by atoms with Crippen LogP contribution >= 0.6 is 0 Å². The van der Waals surface area contributed by atoms with Crippen molar-refractivity contribution in [3.8, 4) is 0 Å². The quantitative estimate of drug-likeness (QED) is 0.402. The third kappa shape index (κ3) is 13.7. The van der Waals surface area contributed by atoms with E-state index in [0.29, 0.717) is 0 Å². The third-order valence-electron chi connectivity index (χ3n) is 0.599. The summed E-state index contributed by atoms with van der Waals surface area (Å²) < 4.78 is 55.4. The van der Waals surface area contributed by atoms with Crippen molar-refractivity contribution in [2.24, 2.45) is 0 Å². The van der Waals surface area contributed by atoms with Gasteiger partial charge in [0.15, 0.2) is 0 Å². The molecule has 0 aromatic rings. The Kier molecular flexibility index (Phi) is 6.03. The summed E-state index contributed by atoms with van der Waals surface area (Å²) in [5, 5.41) is 0. The Balaban J connectivity index is 0. The molecule has 2 N–H and O–H groups in total. The van der Waals surface area contributed by atoms with Crippen molar-refractivity contribution in [3.63, 3.8) is 0 Å². The van der Waals surface area contributed by atoms with Gasteiger partial charge in [-0.3, -0.25) is 9.11 Å². The van der Waals surface area contributed by atoms with Crippen LogP contribution in [0.1, 0.15) is 0 Å². The minimum absolute atomic E-state index is 0. The predicted octanol–water partition coefficient (Wildman–Crippen LogP) is -2.42. The van der Waals surface area contributed by atoms with Gasteiger partial charge in [0, 0.05) is 0 Å². The van der Waals surface area contributed by atoms with Crippen molar-refractivity contribution in [3.05, 3.63) is 0 Å². The fraction of sp³-hybridized carbons (Fsp3) is 1.00. The molecule has 0 aromatic heterocycles. The van der Waals surface area contributed by atoms with E-state index >= 15 is 0 Å². The van der Waals surface area contributed by atoms with Crippen LogP contribution in [0.2, 0.25) is 0 Å². The molecule has 0 unspecified atom stereocenters. The second-order valence-corrected chi connectivity index (χ2v) is 4.72. The maximum atomic E-state index is 9.86. The molecule has 0 fully saturated rings. The first-order chi connectivity index (χ1) is 4.21. The van der Waals surface area contributed by atoms with Gasteiger partial charge >= 0.3 is 26.2 Å². The summed E-state index contributed by atoms with van der Waals surface area (Å²) in [6.45, 7) is 0. The van der Waals surface area contributed by atoms with Crippen molar-refractivity contribution in [2.45, 2.75) is 0 Å². The van der Waals surface area contributed by atoms with Crippen LogP contribution in [-0.4, -0.2) is 63.7 Å². The maximum absolute atomic E-state index is 9.86. The van der Waals surface area contributed by atoms with Gasteiger partial charge in [0.2, 0.25) is 0 Å². The van der Waals surface area contributed by atoms with Crippen molar-refractivity contribution >= 4 is 46.4 Å². The van der Waals surface area contributed by atoms with E-state index in [0.717, 1.165) is 0 Å². The first-order valence-corrected chi connectivity index (χ1v) is 5.33. The van der Waals surface area contributed by atoms with Crippen LogP contribution in [0.3, 0.4) is 0 Å². The molecule has 0 bridgehead atoms. The standard InChI is InChI=1S/C2H6O6S2.Bi.3H/c3-9(4,5)1-2-10(6,7)8;;;;/h1-2H2,(H,3,4,5)(H,6,7,8);;;;. The molecular formula is C2H9BiO6S2. The van der Waals surface area contributed by atoms with Gasteiger partial charge in [-0.25, -0.2) is 0 Å². The molecule has 9 heteroatoms. The Morgan fingerprint density at radius 2 is 1.00 bits per heavy atom. The molecule has 0 aliphatic rings. The summed E-state index contributed by atoms with van der Waals surface area (Å²) in [6.07, 6.45) is 0.